The number of rotatable bonds is 3. The third-order valence-electron chi connectivity index (χ3n) is 7.11. The normalized spacial score (nSPS) is 23.1. The van der Waals surface area contributed by atoms with Crippen LogP contribution in [0.3, 0.4) is 0 Å². The Bertz CT molecular complexity index is 1450. The zero-order valence-electron chi connectivity index (χ0n) is 19.1. The first-order valence-electron chi connectivity index (χ1n) is 11.2. The summed E-state index contributed by atoms with van der Waals surface area (Å²) in [5.41, 5.74) is 8.43. The van der Waals surface area contributed by atoms with Crippen LogP contribution in [0, 0.1) is 23.1 Å². The van der Waals surface area contributed by atoms with Gasteiger partial charge in [-0.2, -0.15) is 5.26 Å². The topological polar surface area (TPSA) is 109 Å². The highest BCUT2D eigenvalue weighted by Crippen LogP contribution is 2.47. The Hall–Kier alpha value is -3.33. The van der Waals surface area contributed by atoms with Gasteiger partial charge < -0.3 is 25.4 Å². The zero-order valence-corrected chi connectivity index (χ0v) is 19.9. The molecule has 11 heteroatoms. The Morgan fingerprint density at radius 3 is 2.83 bits per heavy atom. The summed E-state index contributed by atoms with van der Waals surface area (Å²) < 4.78 is 42.2. The van der Waals surface area contributed by atoms with Crippen molar-refractivity contribution in [1.82, 2.24) is 15.3 Å². The quantitative estimate of drug-likeness (QED) is 0.564. The molecule has 6 rings (SSSR count). The smallest absolute Gasteiger partial charge is 0.226 e. The molecule has 1 aromatic carbocycles. The van der Waals surface area contributed by atoms with Crippen LogP contribution in [0.2, 0.25) is 0 Å². The number of nitriles is 1. The van der Waals surface area contributed by atoms with Crippen molar-refractivity contribution in [2.75, 3.05) is 30.8 Å². The maximum atomic E-state index is 16.4. The van der Waals surface area contributed by atoms with Gasteiger partial charge in [0.05, 0.1) is 35.8 Å². The highest BCUT2D eigenvalue weighted by molar-refractivity contribution is 7.17. The van der Waals surface area contributed by atoms with Crippen LogP contribution in [0.5, 0.6) is 0 Å². The number of nitrogens with two attached hydrogens (primary N) is 1. The number of nitrogens with one attached hydrogen (secondary N) is 1. The van der Waals surface area contributed by atoms with Crippen molar-refractivity contribution in [2.24, 2.45) is 5.92 Å². The summed E-state index contributed by atoms with van der Waals surface area (Å²) in [6, 6.07) is 1.25. The summed E-state index contributed by atoms with van der Waals surface area (Å²) in [5, 5.41) is 13.5. The number of hydrogen-bond acceptors (Lipinski definition) is 9. The number of ether oxygens (including phenoxy) is 2. The van der Waals surface area contributed by atoms with Crippen molar-refractivity contribution in [3.05, 3.63) is 50.9 Å². The molecule has 8 nitrogen and oxygen atoms in total. The standard InChI is InChI=1S/C24H22F2N6O2S/c1-10-6-32(7-16(10)33-2)24-30-4-12-13-8-34-9-14(13)17(19(26)20(12)31-24)21-18-11(3-27)23(28)35-22(18)15(25)5-29-21/h4-5,10,16,21,29H,6-9,28H2,1-2H3. The zero-order chi connectivity index (χ0) is 24.4. The molecule has 0 radical (unpaired) electrons. The molecule has 0 amide bonds. The lowest BCUT2D eigenvalue weighted by Crippen LogP contribution is -2.26. The highest BCUT2D eigenvalue weighted by Gasteiger charge is 2.37. The van der Waals surface area contributed by atoms with Gasteiger partial charge in [-0.3, -0.25) is 0 Å². The number of fused-ring (bicyclic) bond motifs is 4. The van der Waals surface area contributed by atoms with E-state index in [1.807, 2.05) is 4.90 Å². The van der Waals surface area contributed by atoms with Crippen LogP contribution in [0.1, 0.15) is 45.7 Å². The predicted molar refractivity (Wildman–Crippen MR) is 128 cm³/mol. The average molecular weight is 497 g/mol. The molecule has 35 heavy (non-hydrogen) atoms. The molecular formula is C24H22F2N6O2S. The number of aromatic nitrogens is 2. The van der Waals surface area contributed by atoms with Gasteiger partial charge in [-0.05, 0) is 11.1 Å². The molecule has 5 heterocycles. The van der Waals surface area contributed by atoms with E-state index < -0.39 is 17.7 Å². The largest absolute Gasteiger partial charge is 0.389 e. The second-order valence-corrected chi connectivity index (χ2v) is 10.1. The van der Waals surface area contributed by atoms with E-state index in [1.54, 1.807) is 13.3 Å². The predicted octanol–water partition coefficient (Wildman–Crippen LogP) is 3.75. The molecule has 3 N–H and O–H groups in total. The summed E-state index contributed by atoms with van der Waals surface area (Å²) in [4.78, 5) is 11.4. The maximum Gasteiger partial charge on any atom is 0.226 e. The van der Waals surface area contributed by atoms with Crippen LogP contribution in [0.25, 0.3) is 16.7 Å². The van der Waals surface area contributed by atoms with Gasteiger partial charge >= 0.3 is 0 Å². The average Bonchev–Trinajstić information content (AvgIpc) is 3.57. The molecule has 180 valence electrons. The van der Waals surface area contributed by atoms with Crippen molar-refractivity contribution < 1.29 is 18.3 Å². The van der Waals surface area contributed by atoms with E-state index in [0.717, 1.165) is 16.9 Å². The maximum absolute atomic E-state index is 16.4. The van der Waals surface area contributed by atoms with Gasteiger partial charge in [-0.25, -0.2) is 18.7 Å². The van der Waals surface area contributed by atoms with Crippen LogP contribution >= 0.6 is 11.3 Å². The van der Waals surface area contributed by atoms with Crippen LogP contribution < -0.4 is 16.0 Å². The van der Waals surface area contributed by atoms with Crippen molar-refractivity contribution in [3.63, 3.8) is 0 Å². The second-order valence-electron chi connectivity index (χ2n) is 9.05. The minimum absolute atomic E-state index is 0.0446. The number of nitrogens with zero attached hydrogens (tertiary/aromatic N) is 4. The van der Waals surface area contributed by atoms with Gasteiger partial charge in [-0.15, -0.1) is 11.3 Å². The van der Waals surface area contributed by atoms with Gasteiger partial charge in [0.2, 0.25) is 5.95 Å². The third-order valence-corrected chi connectivity index (χ3v) is 8.15. The Kier molecular flexibility index (Phi) is 5.14. The molecule has 1 fully saturated rings. The van der Waals surface area contributed by atoms with Crippen LogP contribution in [0.4, 0.5) is 19.7 Å². The first kappa shape index (κ1) is 22.2. The van der Waals surface area contributed by atoms with Gasteiger partial charge in [0.25, 0.3) is 0 Å². The van der Waals surface area contributed by atoms with E-state index in [9.17, 15) is 9.65 Å². The molecule has 1 saturated heterocycles. The lowest BCUT2D eigenvalue weighted by atomic mass is 9.87. The lowest BCUT2D eigenvalue weighted by Gasteiger charge is -2.26. The number of thiophene rings is 1. The molecule has 3 aliphatic heterocycles. The highest BCUT2D eigenvalue weighted by atomic mass is 32.1. The van der Waals surface area contributed by atoms with E-state index in [-0.39, 0.29) is 46.2 Å². The number of methoxy groups -OCH3 is 1. The number of hydrogen-bond donors (Lipinski definition) is 2. The number of anilines is 2. The molecule has 3 aromatic rings. The molecule has 0 spiro atoms. The van der Waals surface area contributed by atoms with Gasteiger partial charge in [0.1, 0.15) is 16.6 Å². The first-order chi connectivity index (χ1) is 16.9. The van der Waals surface area contributed by atoms with E-state index in [0.29, 0.717) is 41.1 Å². The minimum Gasteiger partial charge on any atom is -0.389 e. The molecule has 0 saturated carbocycles. The van der Waals surface area contributed by atoms with Crippen LogP contribution in [-0.4, -0.2) is 36.3 Å². The Morgan fingerprint density at radius 2 is 2.09 bits per heavy atom. The molecule has 2 aromatic heterocycles. The summed E-state index contributed by atoms with van der Waals surface area (Å²) >= 11 is 0.987. The molecule has 3 unspecified atom stereocenters. The monoisotopic (exact) mass is 496 g/mol. The van der Waals surface area contributed by atoms with Crippen molar-refractivity contribution in [1.29, 1.82) is 5.26 Å². The Morgan fingerprint density at radius 1 is 1.29 bits per heavy atom. The number of benzene rings is 1. The molecule has 0 bridgehead atoms. The van der Waals surface area contributed by atoms with Crippen LogP contribution in [0.15, 0.2) is 12.4 Å². The fraction of sp³-hybridized carbons (Fsp3) is 0.375. The van der Waals surface area contributed by atoms with E-state index in [4.69, 9.17) is 15.2 Å². The molecule has 3 aliphatic rings. The van der Waals surface area contributed by atoms with Crippen molar-refractivity contribution in [3.8, 4) is 6.07 Å². The van der Waals surface area contributed by atoms with Gasteiger partial charge in [0, 0.05) is 55.0 Å². The fourth-order valence-corrected chi connectivity index (χ4v) is 6.32. The third kappa shape index (κ3) is 3.21. The van der Waals surface area contributed by atoms with Gasteiger partial charge in [0.15, 0.2) is 11.6 Å². The van der Waals surface area contributed by atoms with Crippen LogP contribution in [-0.2, 0) is 22.7 Å². The SMILES string of the molecule is COC1CN(c2ncc3c4c(c(C5NC=C(F)c6sc(N)c(C#N)c65)c(F)c3n2)COC4)CC1C. The summed E-state index contributed by atoms with van der Waals surface area (Å²) in [5.74, 6) is -0.373. The molecule has 3 atom stereocenters. The molecule has 0 aliphatic carbocycles. The second kappa shape index (κ2) is 8.12. The summed E-state index contributed by atoms with van der Waals surface area (Å²) in [6.07, 6.45) is 2.88. The molecular weight excluding hydrogens is 474 g/mol. The van der Waals surface area contributed by atoms with E-state index in [2.05, 4.69) is 28.3 Å². The minimum atomic E-state index is -0.810. The van der Waals surface area contributed by atoms with Gasteiger partial charge in [-0.1, -0.05) is 6.92 Å². The number of nitrogen functional groups attached to an aromatic ring is 1. The first-order valence-corrected chi connectivity index (χ1v) is 12.0. The van der Waals surface area contributed by atoms with Crippen molar-refractivity contribution >= 4 is 39.0 Å². The Labute approximate surface area is 204 Å². The van der Waals surface area contributed by atoms with E-state index >= 15 is 4.39 Å². The van der Waals surface area contributed by atoms with E-state index in [1.165, 1.54) is 6.20 Å². The summed E-state index contributed by atoms with van der Waals surface area (Å²) in [7, 11) is 1.68. The lowest BCUT2D eigenvalue weighted by molar-refractivity contribution is 0.0899. The number of halogens is 2. The summed E-state index contributed by atoms with van der Waals surface area (Å²) in [6.45, 7) is 3.89. The van der Waals surface area contributed by atoms with Crippen molar-refractivity contribution in [2.45, 2.75) is 32.3 Å². The fourth-order valence-electron chi connectivity index (χ4n) is 5.35. The Balaban J connectivity index is 1.54.